The molecule has 0 spiro atoms. The number of hydrogen-bond acceptors (Lipinski definition) is 2. The van der Waals surface area contributed by atoms with Crippen LogP contribution in [0.4, 0.5) is 4.79 Å². The molecule has 1 aliphatic rings. The van der Waals surface area contributed by atoms with Gasteiger partial charge < -0.3 is 15.0 Å². The summed E-state index contributed by atoms with van der Waals surface area (Å²) >= 11 is 0. The molecule has 2 rings (SSSR count). The van der Waals surface area contributed by atoms with Crippen molar-refractivity contribution in [3.63, 3.8) is 0 Å². The maximum absolute atomic E-state index is 12.0. The van der Waals surface area contributed by atoms with E-state index in [0.717, 1.165) is 38.2 Å². The van der Waals surface area contributed by atoms with Gasteiger partial charge in [-0.25, -0.2) is 4.79 Å². The van der Waals surface area contributed by atoms with E-state index < -0.39 is 0 Å². The van der Waals surface area contributed by atoms with Gasteiger partial charge >= 0.3 is 6.03 Å². The van der Waals surface area contributed by atoms with E-state index in [1.54, 1.807) is 4.90 Å². The fourth-order valence-corrected chi connectivity index (χ4v) is 2.25. The van der Waals surface area contributed by atoms with Crippen molar-refractivity contribution < 1.29 is 9.53 Å². The molecule has 1 N–H and O–H groups in total. The monoisotopic (exact) mass is 262 g/mol. The molecular weight excluding hydrogens is 240 g/mol. The Morgan fingerprint density at radius 1 is 1.32 bits per heavy atom. The number of nitrogens with zero attached hydrogens (tertiary/aromatic N) is 1. The van der Waals surface area contributed by atoms with Crippen molar-refractivity contribution in [3.05, 3.63) is 35.9 Å². The van der Waals surface area contributed by atoms with Gasteiger partial charge in [0.05, 0.1) is 0 Å². The van der Waals surface area contributed by atoms with Crippen LogP contribution in [-0.2, 0) is 11.3 Å². The quantitative estimate of drug-likeness (QED) is 0.904. The first-order valence-corrected chi connectivity index (χ1v) is 6.86. The van der Waals surface area contributed by atoms with Gasteiger partial charge in [-0.15, -0.1) is 0 Å². The molecule has 1 aliphatic heterocycles. The van der Waals surface area contributed by atoms with E-state index in [1.807, 2.05) is 37.4 Å². The van der Waals surface area contributed by atoms with Crippen LogP contribution < -0.4 is 5.32 Å². The molecule has 0 aromatic heterocycles. The molecule has 0 saturated carbocycles. The molecule has 104 valence electrons. The Hall–Kier alpha value is -1.55. The third kappa shape index (κ3) is 4.56. The van der Waals surface area contributed by atoms with Gasteiger partial charge in [-0.3, -0.25) is 0 Å². The molecule has 1 aromatic rings. The minimum atomic E-state index is -0.00431. The van der Waals surface area contributed by atoms with Gasteiger partial charge in [0.25, 0.3) is 0 Å². The van der Waals surface area contributed by atoms with E-state index in [0.29, 0.717) is 12.5 Å². The van der Waals surface area contributed by atoms with Crippen LogP contribution in [0.15, 0.2) is 30.3 Å². The van der Waals surface area contributed by atoms with Crippen molar-refractivity contribution in [1.29, 1.82) is 0 Å². The largest absolute Gasteiger partial charge is 0.381 e. The van der Waals surface area contributed by atoms with E-state index >= 15 is 0 Å². The molecule has 0 unspecified atom stereocenters. The Morgan fingerprint density at radius 3 is 2.68 bits per heavy atom. The predicted octanol–water partition coefficient (Wildman–Crippen LogP) is 2.25. The maximum Gasteiger partial charge on any atom is 0.317 e. The second-order valence-electron chi connectivity index (χ2n) is 5.08. The summed E-state index contributed by atoms with van der Waals surface area (Å²) in [7, 11) is 1.83. The number of ether oxygens (including phenoxy) is 1. The smallest absolute Gasteiger partial charge is 0.317 e. The minimum absolute atomic E-state index is 0.00431. The van der Waals surface area contributed by atoms with Crippen molar-refractivity contribution in [2.24, 2.45) is 5.92 Å². The number of carbonyl (C=O) groups is 1. The molecule has 0 radical (unpaired) electrons. The normalized spacial score (nSPS) is 16.1. The van der Waals surface area contributed by atoms with Crippen LogP contribution in [0.2, 0.25) is 0 Å². The van der Waals surface area contributed by atoms with Crippen LogP contribution in [0.3, 0.4) is 0 Å². The molecule has 0 atom stereocenters. The number of amides is 2. The van der Waals surface area contributed by atoms with Crippen LogP contribution >= 0.6 is 0 Å². The third-order valence-electron chi connectivity index (χ3n) is 3.49. The Balaban J connectivity index is 1.73. The van der Waals surface area contributed by atoms with E-state index in [2.05, 4.69) is 5.32 Å². The molecular formula is C15H22N2O2. The molecule has 19 heavy (non-hydrogen) atoms. The summed E-state index contributed by atoms with van der Waals surface area (Å²) in [5.41, 5.74) is 1.14. The number of rotatable bonds is 4. The Kier molecular flexibility index (Phi) is 5.21. The van der Waals surface area contributed by atoms with Crippen molar-refractivity contribution in [1.82, 2.24) is 10.2 Å². The number of nitrogens with one attached hydrogen (secondary N) is 1. The van der Waals surface area contributed by atoms with Gasteiger partial charge in [-0.1, -0.05) is 30.3 Å². The molecule has 2 amide bonds. The highest BCUT2D eigenvalue weighted by molar-refractivity contribution is 5.73. The zero-order valence-corrected chi connectivity index (χ0v) is 11.5. The summed E-state index contributed by atoms with van der Waals surface area (Å²) in [4.78, 5) is 13.7. The predicted molar refractivity (Wildman–Crippen MR) is 74.9 cm³/mol. The SMILES string of the molecule is CN(Cc1ccccc1)C(=O)NCC1CCOCC1. The second-order valence-corrected chi connectivity index (χ2v) is 5.08. The van der Waals surface area contributed by atoms with Crippen LogP contribution in [-0.4, -0.2) is 37.7 Å². The number of urea groups is 1. The highest BCUT2D eigenvalue weighted by atomic mass is 16.5. The average molecular weight is 262 g/mol. The molecule has 1 fully saturated rings. The molecule has 4 nitrogen and oxygen atoms in total. The van der Waals surface area contributed by atoms with Gasteiger partial charge in [-0.05, 0) is 24.3 Å². The standard InChI is InChI=1S/C15H22N2O2/c1-17(12-14-5-3-2-4-6-14)15(18)16-11-13-7-9-19-10-8-13/h2-6,13H,7-12H2,1H3,(H,16,18). The zero-order chi connectivity index (χ0) is 13.5. The van der Waals surface area contributed by atoms with Crippen molar-refractivity contribution in [3.8, 4) is 0 Å². The molecule has 1 heterocycles. The number of carbonyl (C=O) groups excluding carboxylic acids is 1. The maximum atomic E-state index is 12.0. The fraction of sp³-hybridized carbons (Fsp3) is 0.533. The highest BCUT2D eigenvalue weighted by Gasteiger charge is 2.16. The summed E-state index contributed by atoms with van der Waals surface area (Å²) in [5.74, 6) is 0.558. The second kappa shape index (κ2) is 7.14. The number of benzene rings is 1. The molecule has 1 aromatic carbocycles. The van der Waals surface area contributed by atoms with Crippen molar-refractivity contribution in [2.75, 3.05) is 26.8 Å². The highest BCUT2D eigenvalue weighted by Crippen LogP contribution is 2.13. The fourth-order valence-electron chi connectivity index (χ4n) is 2.25. The minimum Gasteiger partial charge on any atom is -0.381 e. The third-order valence-corrected chi connectivity index (χ3v) is 3.49. The summed E-state index contributed by atoms with van der Waals surface area (Å²) in [6.45, 7) is 3.03. The van der Waals surface area contributed by atoms with Crippen molar-refractivity contribution >= 4 is 6.03 Å². The van der Waals surface area contributed by atoms with E-state index in [4.69, 9.17) is 4.74 Å². The van der Waals surface area contributed by atoms with Crippen LogP contribution in [0.25, 0.3) is 0 Å². The van der Waals surface area contributed by atoms with E-state index in [1.165, 1.54) is 0 Å². The van der Waals surface area contributed by atoms with Crippen molar-refractivity contribution in [2.45, 2.75) is 19.4 Å². The summed E-state index contributed by atoms with van der Waals surface area (Å²) in [6.07, 6.45) is 2.09. The topological polar surface area (TPSA) is 41.6 Å². The Bertz CT molecular complexity index is 388. The lowest BCUT2D eigenvalue weighted by atomic mass is 10.0. The first-order valence-electron chi connectivity index (χ1n) is 6.86. The summed E-state index contributed by atoms with van der Waals surface area (Å²) < 4.78 is 5.31. The van der Waals surface area contributed by atoms with Gasteiger partial charge in [0, 0.05) is 33.4 Å². The lowest BCUT2D eigenvalue weighted by molar-refractivity contribution is 0.0665. The van der Waals surface area contributed by atoms with Gasteiger partial charge in [0.1, 0.15) is 0 Å². The lowest BCUT2D eigenvalue weighted by Gasteiger charge is -2.24. The molecule has 0 bridgehead atoms. The average Bonchev–Trinajstić information content (AvgIpc) is 2.47. The molecule has 4 heteroatoms. The van der Waals surface area contributed by atoms with Crippen LogP contribution in [0.5, 0.6) is 0 Å². The summed E-state index contributed by atoms with van der Waals surface area (Å²) in [5, 5.41) is 3.00. The molecule has 1 saturated heterocycles. The van der Waals surface area contributed by atoms with Gasteiger partial charge in [0.2, 0.25) is 0 Å². The van der Waals surface area contributed by atoms with Crippen LogP contribution in [0.1, 0.15) is 18.4 Å². The zero-order valence-electron chi connectivity index (χ0n) is 11.5. The number of hydrogen-bond donors (Lipinski definition) is 1. The van der Waals surface area contributed by atoms with Crippen LogP contribution in [0, 0.1) is 5.92 Å². The first kappa shape index (κ1) is 13.9. The van der Waals surface area contributed by atoms with E-state index in [-0.39, 0.29) is 6.03 Å². The van der Waals surface area contributed by atoms with Gasteiger partial charge in [0.15, 0.2) is 0 Å². The Morgan fingerprint density at radius 2 is 2.00 bits per heavy atom. The molecule has 0 aliphatic carbocycles. The van der Waals surface area contributed by atoms with E-state index in [9.17, 15) is 4.79 Å². The van der Waals surface area contributed by atoms with Gasteiger partial charge in [-0.2, -0.15) is 0 Å². The lowest BCUT2D eigenvalue weighted by Crippen LogP contribution is -2.40. The Labute approximate surface area is 114 Å². The first-order chi connectivity index (χ1) is 9.25. The summed E-state index contributed by atoms with van der Waals surface area (Å²) in [6, 6.07) is 10.0.